The number of hydrogen-bond donors (Lipinski definition) is 0. The van der Waals surface area contributed by atoms with Gasteiger partial charge in [0.2, 0.25) is 5.91 Å². The lowest BCUT2D eigenvalue weighted by Gasteiger charge is -2.52. The van der Waals surface area contributed by atoms with Crippen molar-refractivity contribution < 1.29 is 22.8 Å². The Bertz CT molecular complexity index is 700. The average molecular weight is 368 g/mol. The lowest BCUT2D eigenvalue weighted by atomic mass is 9.79. The molecule has 2 aliphatic heterocycles. The molecule has 0 aromatic heterocycles. The van der Waals surface area contributed by atoms with E-state index in [1.807, 2.05) is 11.8 Å². The summed E-state index contributed by atoms with van der Waals surface area (Å²) in [5.74, 6) is -0.295. The predicted octanol–water partition coefficient (Wildman–Crippen LogP) is 3.71. The number of halogens is 3. The third-order valence-electron chi connectivity index (χ3n) is 5.50. The molecule has 2 heterocycles. The van der Waals surface area contributed by atoms with Gasteiger partial charge in [-0.15, -0.1) is 0 Å². The van der Waals surface area contributed by atoms with E-state index >= 15 is 0 Å². The number of carbonyl (C=O) groups is 2. The third kappa shape index (κ3) is 3.44. The molecule has 0 bridgehead atoms. The minimum atomic E-state index is -4.48. The maximum atomic E-state index is 12.9. The van der Waals surface area contributed by atoms with Crippen molar-refractivity contribution in [2.75, 3.05) is 19.6 Å². The number of alkyl halides is 3. The Kier molecular flexibility index (Phi) is 4.99. The second kappa shape index (κ2) is 6.93. The van der Waals surface area contributed by atoms with E-state index in [0.717, 1.165) is 37.8 Å². The summed E-state index contributed by atoms with van der Waals surface area (Å²) in [5, 5.41) is 0. The van der Waals surface area contributed by atoms with Crippen LogP contribution in [0, 0.1) is 0 Å². The number of likely N-dealkylation sites (tertiary alicyclic amines) is 2. The molecule has 1 spiro atoms. The first-order chi connectivity index (χ1) is 12.3. The largest absolute Gasteiger partial charge is 0.416 e. The zero-order valence-corrected chi connectivity index (χ0v) is 14.8. The average Bonchev–Trinajstić information content (AvgIpc) is 2.61. The van der Waals surface area contributed by atoms with E-state index in [4.69, 9.17) is 0 Å². The van der Waals surface area contributed by atoms with Gasteiger partial charge >= 0.3 is 6.18 Å². The van der Waals surface area contributed by atoms with Gasteiger partial charge in [0.15, 0.2) is 0 Å². The summed E-state index contributed by atoms with van der Waals surface area (Å²) in [7, 11) is 0. The van der Waals surface area contributed by atoms with Crippen molar-refractivity contribution in [1.29, 1.82) is 0 Å². The molecule has 2 fully saturated rings. The Hall–Kier alpha value is -2.05. The van der Waals surface area contributed by atoms with E-state index < -0.39 is 17.6 Å². The summed E-state index contributed by atoms with van der Waals surface area (Å²) in [6, 6.07) is 4.56. The maximum absolute atomic E-state index is 12.9. The first-order valence-electron chi connectivity index (χ1n) is 9.04. The molecule has 1 atom stereocenters. The molecule has 142 valence electrons. The molecule has 0 saturated carbocycles. The van der Waals surface area contributed by atoms with Crippen molar-refractivity contribution in [1.82, 2.24) is 9.80 Å². The number of hydrogen-bond acceptors (Lipinski definition) is 2. The second-order valence-corrected chi connectivity index (χ2v) is 7.12. The zero-order chi connectivity index (χ0) is 18.9. The van der Waals surface area contributed by atoms with Crippen LogP contribution < -0.4 is 0 Å². The van der Waals surface area contributed by atoms with Crippen LogP contribution in [0.4, 0.5) is 13.2 Å². The van der Waals surface area contributed by atoms with Crippen LogP contribution in [0.1, 0.15) is 54.9 Å². The lowest BCUT2D eigenvalue weighted by molar-refractivity contribution is -0.144. The van der Waals surface area contributed by atoms with Gasteiger partial charge in [0.25, 0.3) is 5.91 Å². The molecular formula is C19H23F3N2O2. The second-order valence-electron chi connectivity index (χ2n) is 7.12. The number of carbonyl (C=O) groups excluding carboxylic acids is 2. The van der Waals surface area contributed by atoms with Crippen molar-refractivity contribution >= 4 is 11.8 Å². The van der Waals surface area contributed by atoms with Crippen LogP contribution in [-0.4, -0.2) is 46.8 Å². The molecule has 1 unspecified atom stereocenters. The fraction of sp³-hybridized carbons (Fsp3) is 0.579. The number of amides is 2. The fourth-order valence-electron chi connectivity index (χ4n) is 4.34. The Labute approximate surface area is 151 Å². The number of benzene rings is 1. The smallest absolute Gasteiger partial charge is 0.336 e. The molecule has 0 N–H and O–H groups in total. The van der Waals surface area contributed by atoms with Crippen LogP contribution in [0.5, 0.6) is 0 Å². The summed E-state index contributed by atoms with van der Waals surface area (Å²) in [6.45, 7) is 3.41. The quantitative estimate of drug-likeness (QED) is 0.798. The molecular weight excluding hydrogens is 345 g/mol. The minimum Gasteiger partial charge on any atom is -0.336 e. The number of piperidine rings is 2. The van der Waals surface area contributed by atoms with Crippen molar-refractivity contribution in [3.8, 4) is 0 Å². The molecule has 4 nitrogen and oxygen atoms in total. The van der Waals surface area contributed by atoms with E-state index in [2.05, 4.69) is 0 Å². The highest BCUT2D eigenvalue weighted by Gasteiger charge is 2.45. The van der Waals surface area contributed by atoms with Gasteiger partial charge in [-0.25, -0.2) is 0 Å². The molecule has 0 radical (unpaired) electrons. The van der Waals surface area contributed by atoms with Crippen molar-refractivity contribution in [2.45, 2.75) is 50.7 Å². The molecule has 2 saturated heterocycles. The normalized spacial score (nSPS) is 24.2. The maximum Gasteiger partial charge on any atom is 0.416 e. The third-order valence-corrected chi connectivity index (χ3v) is 5.50. The van der Waals surface area contributed by atoms with Gasteiger partial charge in [0.1, 0.15) is 0 Å². The lowest BCUT2D eigenvalue weighted by Crippen LogP contribution is -2.63. The Morgan fingerprint density at radius 3 is 2.65 bits per heavy atom. The zero-order valence-electron chi connectivity index (χ0n) is 14.8. The van der Waals surface area contributed by atoms with Crippen molar-refractivity contribution in [2.24, 2.45) is 0 Å². The minimum absolute atomic E-state index is 0.0436. The van der Waals surface area contributed by atoms with Gasteiger partial charge in [0, 0.05) is 31.6 Å². The molecule has 26 heavy (non-hydrogen) atoms. The van der Waals surface area contributed by atoms with Gasteiger partial charge in [-0.3, -0.25) is 9.59 Å². The van der Waals surface area contributed by atoms with Gasteiger partial charge in [-0.05, 0) is 50.8 Å². The van der Waals surface area contributed by atoms with Gasteiger partial charge < -0.3 is 9.80 Å². The molecule has 3 rings (SSSR count). The Morgan fingerprint density at radius 1 is 1.23 bits per heavy atom. The molecule has 1 aromatic carbocycles. The van der Waals surface area contributed by atoms with E-state index in [9.17, 15) is 22.8 Å². The van der Waals surface area contributed by atoms with Crippen LogP contribution in [0.25, 0.3) is 0 Å². The molecule has 7 heteroatoms. The molecule has 2 aliphatic rings. The fourth-order valence-corrected chi connectivity index (χ4v) is 4.34. The van der Waals surface area contributed by atoms with Crippen LogP contribution in [0.3, 0.4) is 0 Å². The summed E-state index contributed by atoms with van der Waals surface area (Å²) in [5.41, 5.74) is -1.15. The van der Waals surface area contributed by atoms with E-state index in [-0.39, 0.29) is 17.0 Å². The predicted molar refractivity (Wildman–Crippen MR) is 90.6 cm³/mol. The summed E-state index contributed by atoms with van der Waals surface area (Å²) < 4.78 is 38.8. The first kappa shape index (κ1) is 18.7. The molecule has 1 aromatic rings. The van der Waals surface area contributed by atoms with Crippen LogP contribution in [-0.2, 0) is 11.0 Å². The number of likely N-dealkylation sites (N-methyl/N-ethyl adjacent to an activating group) is 1. The van der Waals surface area contributed by atoms with Crippen LogP contribution >= 0.6 is 0 Å². The first-order valence-corrected chi connectivity index (χ1v) is 9.04. The molecule has 2 amide bonds. The number of nitrogens with zero attached hydrogens (tertiary/aromatic N) is 2. The van der Waals surface area contributed by atoms with Gasteiger partial charge in [-0.1, -0.05) is 6.07 Å². The SMILES string of the molecule is CCN1C(=O)CCCC12CCCN(C(=O)c1cccc(C(F)(F)F)c1)C2. The highest BCUT2D eigenvalue weighted by atomic mass is 19.4. The van der Waals surface area contributed by atoms with Crippen LogP contribution in [0.2, 0.25) is 0 Å². The van der Waals surface area contributed by atoms with E-state index in [1.165, 1.54) is 12.1 Å². The topological polar surface area (TPSA) is 40.6 Å². The van der Waals surface area contributed by atoms with Crippen molar-refractivity contribution in [3.05, 3.63) is 35.4 Å². The van der Waals surface area contributed by atoms with Crippen LogP contribution in [0.15, 0.2) is 24.3 Å². The number of rotatable bonds is 2. The van der Waals surface area contributed by atoms with Gasteiger partial charge in [0.05, 0.1) is 11.1 Å². The summed E-state index contributed by atoms with van der Waals surface area (Å²) in [4.78, 5) is 28.6. The highest BCUT2D eigenvalue weighted by Crippen LogP contribution is 2.37. The monoisotopic (exact) mass is 368 g/mol. The summed E-state index contributed by atoms with van der Waals surface area (Å²) >= 11 is 0. The van der Waals surface area contributed by atoms with E-state index in [0.29, 0.717) is 26.1 Å². The molecule has 0 aliphatic carbocycles. The Morgan fingerprint density at radius 2 is 1.96 bits per heavy atom. The van der Waals surface area contributed by atoms with Crippen molar-refractivity contribution in [3.63, 3.8) is 0 Å². The highest BCUT2D eigenvalue weighted by molar-refractivity contribution is 5.94. The van der Waals surface area contributed by atoms with Gasteiger partial charge in [-0.2, -0.15) is 13.2 Å². The summed E-state index contributed by atoms with van der Waals surface area (Å²) in [6.07, 6.45) is -0.751. The Balaban J connectivity index is 1.83. The standard InChI is InChI=1S/C19H23F3N2O2/c1-2-24-16(25)8-4-9-18(24)10-5-11-23(13-18)17(26)14-6-3-7-15(12-14)19(20,21)22/h3,6-7,12H,2,4-5,8-11,13H2,1H3. The van der Waals surface area contributed by atoms with E-state index in [1.54, 1.807) is 4.90 Å².